The number of hydrogen-bond acceptors (Lipinski definition) is 5. The molecule has 5 nitrogen and oxygen atoms in total. The molecular formula is C23H19N5S2. The first-order chi connectivity index (χ1) is 14.7. The average molecular weight is 430 g/mol. The molecule has 0 aliphatic rings. The van der Waals surface area contributed by atoms with E-state index in [1.807, 2.05) is 91.9 Å². The third kappa shape index (κ3) is 4.94. The number of para-hydroxylation sites is 1. The number of nitrogens with one attached hydrogen (secondary N) is 2. The van der Waals surface area contributed by atoms with Crippen LogP contribution in [0.25, 0.3) is 11.3 Å². The summed E-state index contributed by atoms with van der Waals surface area (Å²) in [5.41, 5.74) is 4.55. The number of thiocarbonyl (C=S) groups is 1. The van der Waals surface area contributed by atoms with E-state index in [0.29, 0.717) is 10.2 Å². The lowest BCUT2D eigenvalue weighted by Crippen LogP contribution is -2.18. The lowest BCUT2D eigenvalue weighted by Gasteiger charge is -2.07. The van der Waals surface area contributed by atoms with E-state index >= 15 is 0 Å². The van der Waals surface area contributed by atoms with Gasteiger partial charge in [0.2, 0.25) is 0 Å². The highest BCUT2D eigenvalue weighted by Crippen LogP contribution is 2.39. The molecule has 0 spiro atoms. The predicted octanol–water partition coefficient (Wildman–Crippen LogP) is 7.34. The standard InChI is InChI=1S/C23H19N5S2/c1-16-10-8-9-15-19(16)27-28-21-20(17-11-4-2-5-12-17)25-23(30-21)26-22(29)24-18-13-6-3-7-14-18/h2-15H,1H3,(H2,24,25,26,29). The molecule has 3 aromatic carbocycles. The number of azo groups is 1. The maximum Gasteiger partial charge on any atom is 0.191 e. The molecule has 30 heavy (non-hydrogen) atoms. The molecule has 0 atom stereocenters. The Morgan fingerprint density at radius 3 is 2.23 bits per heavy atom. The van der Waals surface area contributed by atoms with Gasteiger partial charge in [-0.2, -0.15) is 0 Å². The van der Waals surface area contributed by atoms with Crippen LogP contribution in [0.4, 0.5) is 21.5 Å². The largest absolute Gasteiger partial charge is 0.332 e. The number of nitrogens with zero attached hydrogens (tertiary/aromatic N) is 3. The molecule has 2 N–H and O–H groups in total. The van der Waals surface area contributed by atoms with Crippen LogP contribution in [-0.2, 0) is 0 Å². The second-order valence-corrected chi connectivity index (χ2v) is 7.86. The number of thiazole rings is 1. The van der Waals surface area contributed by atoms with E-state index in [0.717, 1.165) is 33.2 Å². The first-order valence-electron chi connectivity index (χ1n) is 9.36. The van der Waals surface area contributed by atoms with Crippen molar-refractivity contribution >= 4 is 50.2 Å². The van der Waals surface area contributed by atoms with E-state index in [4.69, 9.17) is 17.2 Å². The molecule has 0 saturated heterocycles. The molecule has 7 heteroatoms. The van der Waals surface area contributed by atoms with Crippen LogP contribution in [0.1, 0.15) is 5.56 Å². The summed E-state index contributed by atoms with van der Waals surface area (Å²) in [7, 11) is 0. The molecule has 0 radical (unpaired) electrons. The Labute approximate surface area is 184 Å². The zero-order valence-corrected chi connectivity index (χ0v) is 17.9. The summed E-state index contributed by atoms with van der Waals surface area (Å²) in [5, 5.41) is 17.1. The van der Waals surface area contributed by atoms with Crippen molar-refractivity contribution in [2.24, 2.45) is 10.2 Å². The minimum absolute atomic E-state index is 0.469. The highest BCUT2D eigenvalue weighted by atomic mass is 32.1. The van der Waals surface area contributed by atoms with Gasteiger partial charge in [0, 0.05) is 11.3 Å². The van der Waals surface area contributed by atoms with Gasteiger partial charge in [0.25, 0.3) is 0 Å². The fourth-order valence-corrected chi connectivity index (χ4v) is 3.87. The third-order valence-electron chi connectivity index (χ3n) is 4.27. The SMILES string of the molecule is Cc1ccccc1N=Nc1sc(NC(=S)Nc2ccccc2)nc1-c1ccccc1. The summed E-state index contributed by atoms with van der Waals surface area (Å²) in [4.78, 5) is 4.72. The van der Waals surface area contributed by atoms with Crippen LogP contribution < -0.4 is 10.6 Å². The van der Waals surface area contributed by atoms with Crippen molar-refractivity contribution in [1.29, 1.82) is 0 Å². The van der Waals surface area contributed by atoms with Gasteiger partial charge in [-0.15, -0.1) is 10.2 Å². The smallest absolute Gasteiger partial charge is 0.191 e. The van der Waals surface area contributed by atoms with Crippen LogP contribution in [0.3, 0.4) is 0 Å². The summed E-state index contributed by atoms with van der Waals surface area (Å²) in [5.74, 6) is 0. The van der Waals surface area contributed by atoms with Gasteiger partial charge in [0.05, 0.1) is 5.69 Å². The molecule has 0 saturated carbocycles. The highest BCUT2D eigenvalue weighted by molar-refractivity contribution is 7.80. The van der Waals surface area contributed by atoms with Gasteiger partial charge in [-0.1, -0.05) is 78.1 Å². The number of rotatable bonds is 5. The Bertz CT molecular complexity index is 1170. The summed E-state index contributed by atoms with van der Waals surface area (Å²) in [6.07, 6.45) is 0. The maximum atomic E-state index is 5.44. The predicted molar refractivity (Wildman–Crippen MR) is 129 cm³/mol. The first-order valence-corrected chi connectivity index (χ1v) is 10.6. The van der Waals surface area contributed by atoms with E-state index in [9.17, 15) is 0 Å². The van der Waals surface area contributed by atoms with Crippen molar-refractivity contribution in [3.63, 3.8) is 0 Å². The quantitative estimate of drug-likeness (QED) is 0.257. The van der Waals surface area contributed by atoms with Gasteiger partial charge in [-0.25, -0.2) is 4.98 Å². The molecule has 148 valence electrons. The van der Waals surface area contributed by atoms with Gasteiger partial charge < -0.3 is 10.6 Å². The fourth-order valence-electron chi connectivity index (χ4n) is 2.77. The zero-order chi connectivity index (χ0) is 20.8. The van der Waals surface area contributed by atoms with Crippen molar-refractivity contribution in [2.75, 3.05) is 10.6 Å². The molecule has 1 heterocycles. The highest BCUT2D eigenvalue weighted by Gasteiger charge is 2.14. The van der Waals surface area contributed by atoms with Crippen molar-refractivity contribution in [3.05, 3.63) is 90.5 Å². The number of aryl methyl sites for hydroxylation is 1. The molecule has 0 amide bonds. The molecule has 1 aromatic heterocycles. The van der Waals surface area contributed by atoms with Crippen LogP contribution in [0.5, 0.6) is 0 Å². The number of benzene rings is 3. The summed E-state index contributed by atoms with van der Waals surface area (Å²) in [6.45, 7) is 2.01. The first kappa shape index (κ1) is 19.9. The van der Waals surface area contributed by atoms with Crippen LogP contribution in [0.2, 0.25) is 0 Å². The molecule has 0 bridgehead atoms. The Hall–Kier alpha value is -3.42. The second-order valence-electron chi connectivity index (χ2n) is 6.47. The van der Waals surface area contributed by atoms with Crippen molar-refractivity contribution in [3.8, 4) is 11.3 Å². The molecule has 0 fully saturated rings. The van der Waals surface area contributed by atoms with Crippen LogP contribution in [0.15, 0.2) is 95.2 Å². The van der Waals surface area contributed by atoms with E-state index in [-0.39, 0.29) is 0 Å². The van der Waals surface area contributed by atoms with E-state index in [1.54, 1.807) is 0 Å². The number of aromatic nitrogens is 1. The maximum absolute atomic E-state index is 5.44. The van der Waals surface area contributed by atoms with Gasteiger partial charge in [0.1, 0.15) is 5.69 Å². The van der Waals surface area contributed by atoms with Crippen molar-refractivity contribution < 1.29 is 0 Å². The van der Waals surface area contributed by atoms with E-state index < -0.39 is 0 Å². The average Bonchev–Trinajstić information content (AvgIpc) is 3.17. The summed E-state index contributed by atoms with van der Waals surface area (Å²) >= 11 is 6.84. The fraction of sp³-hybridized carbons (Fsp3) is 0.0435. The Balaban J connectivity index is 1.61. The van der Waals surface area contributed by atoms with Crippen LogP contribution in [0, 0.1) is 6.92 Å². The minimum Gasteiger partial charge on any atom is -0.332 e. The number of hydrogen-bond donors (Lipinski definition) is 2. The lowest BCUT2D eigenvalue weighted by atomic mass is 10.2. The van der Waals surface area contributed by atoms with E-state index in [2.05, 4.69) is 20.9 Å². The Morgan fingerprint density at radius 1 is 0.833 bits per heavy atom. The molecule has 4 aromatic rings. The lowest BCUT2D eigenvalue weighted by molar-refractivity contribution is 1.22. The summed E-state index contributed by atoms with van der Waals surface area (Å²) < 4.78 is 0. The number of anilines is 2. The third-order valence-corrected chi connectivity index (χ3v) is 5.33. The van der Waals surface area contributed by atoms with Crippen LogP contribution >= 0.6 is 23.6 Å². The van der Waals surface area contributed by atoms with Gasteiger partial charge >= 0.3 is 0 Å². The van der Waals surface area contributed by atoms with Gasteiger partial charge in [-0.05, 0) is 42.9 Å². The zero-order valence-electron chi connectivity index (χ0n) is 16.2. The molecule has 0 aliphatic carbocycles. The Kier molecular flexibility index (Phi) is 6.22. The molecule has 0 unspecified atom stereocenters. The van der Waals surface area contributed by atoms with Gasteiger partial charge in [-0.3, -0.25) is 0 Å². The van der Waals surface area contributed by atoms with E-state index in [1.165, 1.54) is 11.3 Å². The molecule has 0 aliphatic heterocycles. The summed E-state index contributed by atoms with van der Waals surface area (Å²) in [6, 6.07) is 27.6. The normalized spacial score (nSPS) is 10.8. The van der Waals surface area contributed by atoms with Gasteiger partial charge in [0.15, 0.2) is 15.2 Å². The topological polar surface area (TPSA) is 61.7 Å². The molecular weight excluding hydrogens is 410 g/mol. The monoisotopic (exact) mass is 429 g/mol. The minimum atomic E-state index is 0.469. The molecule has 4 rings (SSSR count). The second kappa shape index (κ2) is 9.39. The van der Waals surface area contributed by atoms with Crippen LogP contribution in [-0.4, -0.2) is 10.1 Å². The van der Waals surface area contributed by atoms with Crippen molar-refractivity contribution in [2.45, 2.75) is 6.92 Å². The Morgan fingerprint density at radius 2 is 1.50 bits per heavy atom. The van der Waals surface area contributed by atoms with Crippen molar-refractivity contribution in [1.82, 2.24) is 4.98 Å².